The van der Waals surface area contributed by atoms with E-state index < -0.39 is 0 Å². The van der Waals surface area contributed by atoms with Crippen LogP contribution in [0, 0.1) is 5.82 Å². The molecular formula is C22H15BrFN3O4. The number of hydrogen-bond acceptors (Lipinski definition) is 5. The largest absolute Gasteiger partial charge is 0.489 e. The summed E-state index contributed by atoms with van der Waals surface area (Å²) >= 11 is 3.23. The lowest BCUT2D eigenvalue weighted by molar-refractivity contribution is 0.102. The van der Waals surface area contributed by atoms with Crippen molar-refractivity contribution in [2.45, 2.75) is 6.61 Å². The van der Waals surface area contributed by atoms with E-state index in [9.17, 15) is 9.18 Å². The minimum absolute atomic E-state index is 0.0897. The minimum Gasteiger partial charge on any atom is -0.489 e. The van der Waals surface area contributed by atoms with E-state index in [0.717, 1.165) is 5.39 Å². The van der Waals surface area contributed by atoms with E-state index in [2.05, 4.69) is 31.4 Å². The predicted molar refractivity (Wildman–Crippen MR) is 115 cm³/mol. The van der Waals surface area contributed by atoms with Gasteiger partial charge in [-0.1, -0.05) is 22.0 Å². The number of fused-ring (bicyclic) bond motifs is 2. The summed E-state index contributed by atoms with van der Waals surface area (Å²) in [5.74, 6) is 1.42. The third kappa shape index (κ3) is 3.91. The van der Waals surface area contributed by atoms with Crippen molar-refractivity contribution < 1.29 is 23.4 Å². The van der Waals surface area contributed by atoms with Gasteiger partial charge in [0, 0.05) is 27.1 Å². The molecule has 2 N–H and O–H groups in total. The van der Waals surface area contributed by atoms with Gasteiger partial charge in [-0.2, -0.15) is 5.10 Å². The number of aromatic nitrogens is 2. The summed E-state index contributed by atoms with van der Waals surface area (Å²) < 4.78 is 30.9. The first-order valence-electron chi connectivity index (χ1n) is 9.33. The van der Waals surface area contributed by atoms with Crippen molar-refractivity contribution in [1.29, 1.82) is 0 Å². The Morgan fingerprint density at radius 2 is 2.00 bits per heavy atom. The lowest BCUT2D eigenvalue weighted by Gasteiger charge is -2.08. The number of amides is 1. The van der Waals surface area contributed by atoms with E-state index in [1.54, 1.807) is 48.5 Å². The van der Waals surface area contributed by atoms with Crippen molar-refractivity contribution in [3.05, 3.63) is 76.0 Å². The molecule has 0 aliphatic carbocycles. The maximum atomic E-state index is 14.0. The van der Waals surface area contributed by atoms with E-state index in [0.29, 0.717) is 44.2 Å². The summed E-state index contributed by atoms with van der Waals surface area (Å²) in [6, 6.07) is 15.1. The predicted octanol–water partition coefficient (Wildman–Crippen LogP) is 5.02. The Kier molecular flexibility index (Phi) is 4.95. The molecular weight excluding hydrogens is 469 g/mol. The second-order valence-electron chi connectivity index (χ2n) is 6.83. The van der Waals surface area contributed by atoms with E-state index in [-0.39, 0.29) is 25.1 Å². The summed E-state index contributed by atoms with van der Waals surface area (Å²) in [4.78, 5) is 12.6. The van der Waals surface area contributed by atoms with Gasteiger partial charge in [-0.25, -0.2) is 4.39 Å². The van der Waals surface area contributed by atoms with E-state index in [4.69, 9.17) is 14.2 Å². The van der Waals surface area contributed by atoms with Crippen LogP contribution in [0.4, 0.5) is 10.2 Å². The van der Waals surface area contributed by atoms with E-state index in [1.807, 2.05) is 0 Å². The van der Waals surface area contributed by atoms with Crippen LogP contribution in [0.1, 0.15) is 15.9 Å². The summed E-state index contributed by atoms with van der Waals surface area (Å²) in [6.07, 6.45) is 0. The Labute approximate surface area is 184 Å². The number of nitrogens with zero attached hydrogens (tertiary/aromatic N) is 1. The number of H-pyrrole nitrogens is 1. The van der Waals surface area contributed by atoms with Gasteiger partial charge in [-0.05, 0) is 42.5 Å². The number of aromatic amines is 1. The lowest BCUT2D eigenvalue weighted by Crippen LogP contribution is -2.12. The van der Waals surface area contributed by atoms with Crippen LogP contribution < -0.4 is 19.5 Å². The van der Waals surface area contributed by atoms with Gasteiger partial charge in [0.05, 0.1) is 5.52 Å². The molecule has 1 aliphatic heterocycles. The number of hydrogen-bond donors (Lipinski definition) is 2. The Hall–Kier alpha value is -3.59. The van der Waals surface area contributed by atoms with Gasteiger partial charge in [0.1, 0.15) is 18.2 Å². The normalized spacial score (nSPS) is 12.2. The second kappa shape index (κ2) is 7.92. The van der Waals surface area contributed by atoms with Crippen molar-refractivity contribution in [1.82, 2.24) is 10.2 Å². The average Bonchev–Trinajstić information content (AvgIpc) is 3.39. The number of benzene rings is 3. The molecule has 0 saturated carbocycles. The smallest absolute Gasteiger partial charge is 0.257 e. The lowest BCUT2D eigenvalue weighted by atomic mass is 10.2. The molecule has 7 nitrogen and oxygen atoms in total. The molecule has 9 heteroatoms. The second-order valence-corrected chi connectivity index (χ2v) is 7.74. The van der Waals surface area contributed by atoms with Crippen molar-refractivity contribution in [2.75, 3.05) is 12.1 Å². The third-order valence-electron chi connectivity index (χ3n) is 4.81. The number of anilines is 1. The zero-order chi connectivity index (χ0) is 21.4. The zero-order valence-corrected chi connectivity index (χ0v) is 17.5. The molecule has 0 unspecified atom stereocenters. The van der Waals surface area contributed by atoms with Crippen LogP contribution in [-0.4, -0.2) is 22.9 Å². The monoisotopic (exact) mass is 483 g/mol. The number of ether oxygens (including phenoxy) is 3. The van der Waals surface area contributed by atoms with Gasteiger partial charge < -0.3 is 19.5 Å². The molecule has 1 amide bonds. The Morgan fingerprint density at radius 1 is 1.13 bits per heavy atom. The van der Waals surface area contributed by atoms with Crippen molar-refractivity contribution >= 4 is 38.6 Å². The highest BCUT2D eigenvalue weighted by Gasteiger charge is 2.18. The standard InChI is InChI=1S/C22H15BrFN3O4/c23-14-3-1-13(17(24)8-14)10-29-15-4-5-16-18(9-15)26-27-21(16)25-22(28)12-2-6-19-20(7-12)31-11-30-19/h1-9H,10-11H2,(H2,25,26,27,28). The fraction of sp³-hybridized carbons (Fsp3) is 0.0909. The first-order chi connectivity index (χ1) is 15.1. The molecule has 3 aromatic carbocycles. The molecule has 0 radical (unpaired) electrons. The fourth-order valence-corrected chi connectivity index (χ4v) is 3.53. The zero-order valence-electron chi connectivity index (χ0n) is 15.9. The van der Waals surface area contributed by atoms with Crippen LogP contribution in [-0.2, 0) is 6.61 Å². The molecule has 2 heterocycles. The molecule has 0 saturated heterocycles. The number of rotatable bonds is 5. The van der Waals surface area contributed by atoms with Gasteiger partial charge in [0.15, 0.2) is 17.3 Å². The number of carbonyl (C=O) groups is 1. The van der Waals surface area contributed by atoms with Crippen molar-refractivity contribution in [2.24, 2.45) is 0 Å². The Bertz CT molecular complexity index is 1310. The maximum absolute atomic E-state index is 14.0. The van der Waals surface area contributed by atoms with Crippen LogP contribution in [0.5, 0.6) is 17.2 Å². The van der Waals surface area contributed by atoms with Crippen LogP contribution in [0.3, 0.4) is 0 Å². The molecule has 156 valence electrons. The highest BCUT2D eigenvalue weighted by molar-refractivity contribution is 9.10. The Balaban J connectivity index is 1.30. The SMILES string of the molecule is O=C(Nc1n[nH]c2cc(OCc3ccc(Br)cc3F)ccc12)c1ccc2c(c1)OCO2. The first kappa shape index (κ1) is 19.4. The summed E-state index contributed by atoms with van der Waals surface area (Å²) in [5.41, 5.74) is 1.55. The van der Waals surface area contributed by atoms with E-state index in [1.165, 1.54) is 6.07 Å². The van der Waals surface area contributed by atoms with Crippen LogP contribution >= 0.6 is 15.9 Å². The molecule has 1 aliphatic rings. The fourth-order valence-electron chi connectivity index (χ4n) is 3.20. The minimum atomic E-state index is -0.342. The number of nitrogens with one attached hydrogen (secondary N) is 2. The van der Waals surface area contributed by atoms with Gasteiger partial charge in [-0.15, -0.1) is 0 Å². The quantitative estimate of drug-likeness (QED) is 0.416. The number of halogens is 2. The molecule has 0 fully saturated rings. The van der Waals surface area contributed by atoms with Gasteiger partial charge in [0.25, 0.3) is 5.91 Å². The average molecular weight is 484 g/mol. The van der Waals surface area contributed by atoms with E-state index >= 15 is 0 Å². The summed E-state index contributed by atoms with van der Waals surface area (Å²) in [6.45, 7) is 0.232. The summed E-state index contributed by atoms with van der Waals surface area (Å²) in [5, 5.41) is 10.6. The molecule has 4 aromatic rings. The van der Waals surface area contributed by atoms with Crippen LogP contribution in [0.25, 0.3) is 10.9 Å². The number of carbonyl (C=O) groups excluding carboxylic acids is 1. The van der Waals surface area contributed by atoms with Gasteiger partial charge >= 0.3 is 0 Å². The third-order valence-corrected chi connectivity index (χ3v) is 5.30. The first-order valence-corrected chi connectivity index (χ1v) is 10.1. The summed E-state index contributed by atoms with van der Waals surface area (Å²) in [7, 11) is 0. The molecule has 0 spiro atoms. The Morgan fingerprint density at radius 3 is 2.87 bits per heavy atom. The molecule has 0 bridgehead atoms. The maximum Gasteiger partial charge on any atom is 0.257 e. The van der Waals surface area contributed by atoms with Gasteiger partial charge in [-0.3, -0.25) is 9.89 Å². The molecule has 0 atom stereocenters. The van der Waals surface area contributed by atoms with Gasteiger partial charge in [0.2, 0.25) is 6.79 Å². The molecule has 31 heavy (non-hydrogen) atoms. The molecule has 1 aromatic heterocycles. The van der Waals surface area contributed by atoms with Crippen LogP contribution in [0.2, 0.25) is 0 Å². The van der Waals surface area contributed by atoms with Crippen LogP contribution in [0.15, 0.2) is 59.1 Å². The topological polar surface area (TPSA) is 85.5 Å². The molecule has 5 rings (SSSR count). The highest BCUT2D eigenvalue weighted by atomic mass is 79.9. The highest BCUT2D eigenvalue weighted by Crippen LogP contribution is 2.33. The van der Waals surface area contributed by atoms with Crippen molar-refractivity contribution in [3.63, 3.8) is 0 Å². The van der Waals surface area contributed by atoms with Crippen molar-refractivity contribution in [3.8, 4) is 17.2 Å².